The number of carbonyl (C=O) groups excluding carboxylic acids is 1. The number of pyridine rings is 1. The molecule has 2 unspecified atom stereocenters. The van der Waals surface area contributed by atoms with E-state index in [9.17, 15) is 36.8 Å². The van der Waals surface area contributed by atoms with Gasteiger partial charge in [0.05, 0.1) is 47.2 Å². The minimum Gasteiger partial charge on any atom is -0.496 e. The summed E-state index contributed by atoms with van der Waals surface area (Å²) in [4.78, 5) is 17.5. The van der Waals surface area contributed by atoms with E-state index in [1.165, 1.54) is 31.4 Å². The number of halogens is 4. The lowest BCUT2D eigenvalue weighted by molar-refractivity contribution is -0.265. The number of benzene rings is 3. The summed E-state index contributed by atoms with van der Waals surface area (Å²) >= 11 is 0. The van der Waals surface area contributed by atoms with Crippen molar-refractivity contribution in [3.8, 4) is 22.8 Å². The Morgan fingerprint density at radius 1 is 1.08 bits per heavy atom. The normalized spacial score (nSPS) is 18.1. The molecule has 0 bridgehead atoms. The summed E-state index contributed by atoms with van der Waals surface area (Å²) in [6.07, 6.45) is -5.35. The van der Waals surface area contributed by atoms with Gasteiger partial charge in [-0.3, -0.25) is 4.79 Å². The summed E-state index contributed by atoms with van der Waals surface area (Å²) in [5.41, 5.74) is -5.06. The SMILES string of the molecule is COc1cc(C(=O)NCC(O)(c2cc3c(c(-c4ccc(F)cc4)n2)OC[C@@]3(C)NS(=O)C(C)(C)C)C(F)(F)F)cc2ccc(CO)cc12. The Labute approximate surface area is 276 Å². The highest BCUT2D eigenvalue weighted by Crippen LogP contribution is 2.47. The first-order valence-electron chi connectivity index (χ1n) is 14.8. The number of rotatable bonds is 9. The zero-order chi connectivity index (χ0) is 35.2. The van der Waals surface area contributed by atoms with Gasteiger partial charge in [-0.15, -0.1) is 0 Å². The number of aromatic nitrogens is 1. The molecule has 4 N–H and O–H groups in total. The average Bonchev–Trinajstić information content (AvgIpc) is 3.37. The van der Waals surface area contributed by atoms with Crippen LogP contribution in [0.3, 0.4) is 0 Å². The minimum absolute atomic E-state index is 0.0376. The molecule has 0 spiro atoms. The van der Waals surface area contributed by atoms with Crippen molar-refractivity contribution in [3.63, 3.8) is 0 Å². The van der Waals surface area contributed by atoms with Crippen molar-refractivity contribution in [1.82, 2.24) is 15.0 Å². The molecule has 0 fully saturated rings. The smallest absolute Gasteiger partial charge is 0.424 e. The standard InChI is InChI=1S/C34H35F4N3O6S/c1-31(2,3)48(45)41-32(4)18-47-29-25(32)15-27(40-28(29)20-8-10-23(35)11-9-20)33(44,34(36,37)38)17-39-30(43)22-13-21-7-6-19(16-42)12-24(21)26(14-22)46-5/h6-15,41-42,44H,16-18H2,1-5H3,(H,39,43)/t32-,33?,48?/m1/s1. The molecule has 1 aliphatic heterocycles. The Morgan fingerprint density at radius 3 is 2.38 bits per heavy atom. The summed E-state index contributed by atoms with van der Waals surface area (Å²) in [6.45, 7) is 5.08. The summed E-state index contributed by atoms with van der Waals surface area (Å²) in [5.74, 6) is -1.19. The molecule has 1 amide bonds. The molecule has 2 heterocycles. The van der Waals surface area contributed by atoms with Gasteiger partial charge in [-0.25, -0.2) is 18.3 Å². The monoisotopic (exact) mass is 689 g/mol. The van der Waals surface area contributed by atoms with Gasteiger partial charge in [0.1, 0.15) is 23.9 Å². The van der Waals surface area contributed by atoms with Crippen LogP contribution in [0.1, 0.15) is 54.9 Å². The molecule has 1 aromatic heterocycles. The summed E-state index contributed by atoms with van der Waals surface area (Å²) in [5, 5.41) is 24.2. The van der Waals surface area contributed by atoms with Crippen molar-refractivity contribution in [2.24, 2.45) is 0 Å². The van der Waals surface area contributed by atoms with Gasteiger partial charge >= 0.3 is 6.18 Å². The van der Waals surface area contributed by atoms with Crippen LogP contribution in [0.4, 0.5) is 17.6 Å². The largest absolute Gasteiger partial charge is 0.496 e. The zero-order valence-electron chi connectivity index (χ0n) is 26.8. The molecular formula is C34H35F4N3O6S. The second-order valence-corrected chi connectivity index (χ2v) is 14.7. The fraction of sp³-hybridized carbons (Fsp3) is 0.353. The van der Waals surface area contributed by atoms with Crippen LogP contribution in [-0.2, 0) is 28.7 Å². The number of nitrogens with zero attached hydrogens (tertiary/aromatic N) is 1. The van der Waals surface area contributed by atoms with Gasteiger partial charge in [-0.05, 0) is 87.2 Å². The van der Waals surface area contributed by atoms with E-state index in [1.54, 1.807) is 45.9 Å². The molecule has 4 aromatic rings. The van der Waals surface area contributed by atoms with Crippen molar-refractivity contribution in [1.29, 1.82) is 0 Å². The van der Waals surface area contributed by atoms with Crippen molar-refractivity contribution < 1.29 is 46.3 Å². The maximum absolute atomic E-state index is 14.9. The van der Waals surface area contributed by atoms with E-state index in [0.29, 0.717) is 16.3 Å². The number of aliphatic hydroxyl groups is 2. The van der Waals surface area contributed by atoms with Gasteiger partial charge in [0.25, 0.3) is 5.91 Å². The Morgan fingerprint density at radius 2 is 1.77 bits per heavy atom. The molecule has 0 saturated heterocycles. The number of aliphatic hydroxyl groups excluding tert-OH is 1. The Bertz CT molecular complexity index is 1900. The molecule has 1 aliphatic rings. The molecule has 14 heteroatoms. The van der Waals surface area contributed by atoms with Crippen LogP contribution in [0.5, 0.6) is 11.5 Å². The highest BCUT2D eigenvalue weighted by atomic mass is 32.2. The Balaban J connectivity index is 1.58. The van der Waals surface area contributed by atoms with Crippen LogP contribution in [0.2, 0.25) is 0 Å². The number of alkyl halides is 3. The van der Waals surface area contributed by atoms with Crippen molar-refractivity contribution >= 4 is 27.7 Å². The van der Waals surface area contributed by atoms with Gasteiger partial charge in [0, 0.05) is 22.1 Å². The molecule has 3 aromatic carbocycles. The number of hydrogen-bond acceptors (Lipinski definition) is 7. The topological polar surface area (TPSA) is 130 Å². The number of nitrogens with one attached hydrogen (secondary N) is 2. The lowest BCUT2D eigenvalue weighted by Gasteiger charge is -2.32. The fourth-order valence-electron chi connectivity index (χ4n) is 5.26. The predicted octanol–water partition coefficient (Wildman–Crippen LogP) is 5.38. The minimum atomic E-state index is -5.35. The average molecular weight is 690 g/mol. The summed E-state index contributed by atoms with van der Waals surface area (Å²) in [7, 11) is -0.316. The number of amides is 1. The third-order valence-electron chi connectivity index (χ3n) is 8.11. The van der Waals surface area contributed by atoms with Crippen LogP contribution < -0.4 is 19.5 Å². The molecule has 5 rings (SSSR count). The van der Waals surface area contributed by atoms with Gasteiger partial charge in [-0.2, -0.15) is 13.2 Å². The number of methoxy groups -OCH3 is 1. The third-order valence-corrected chi connectivity index (χ3v) is 9.86. The van der Waals surface area contributed by atoms with E-state index in [1.807, 2.05) is 0 Å². The predicted molar refractivity (Wildman–Crippen MR) is 172 cm³/mol. The Kier molecular flexibility index (Phi) is 9.34. The summed E-state index contributed by atoms with van der Waals surface area (Å²) < 4.78 is 85.2. The molecule has 9 nitrogen and oxygen atoms in total. The second-order valence-electron chi connectivity index (χ2n) is 12.8. The van der Waals surface area contributed by atoms with Gasteiger partial charge in [-0.1, -0.05) is 12.1 Å². The second kappa shape index (κ2) is 12.7. The molecule has 48 heavy (non-hydrogen) atoms. The lowest BCUT2D eigenvalue weighted by Crippen LogP contribution is -2.52. The van der Waals surface area contributed by atoms with E-state index in [-0.39, 0.29) is 47.1 Å². The molecular weight excluding hydrogens is 654 g/mol. The van der Waals surface area contributed by atoms with Crippen molar-refractivity contribution in [2.45, 2.75) is 56.4 Å². The zero-order valence-corrected chi connectivity index (χ0v) is 27.6. The van der Waals surface area contributed by atoms with Crippen LogP contribution >= 0.6 is 0 Å². The first-order chi connectivity index (χ1) is 22.4. The van der Waals surface area contributed by atoms with Crippen LogP contribution in [-0.4, -0.2) is 56.5 Å². The van der Waals surface area contributed by atoms with E-state index >= 15 is 0 Å². The molecule has 0 aliphatic carbocycles. The maximum Gasteiger partial charge on any atom is 0.424 e. The number of ether oxygens (including phenoxy) is 2. The Hall–Kier alpha value is -4.11. The quantitative estimate of drug-likeness (QED) is 0.174. The number of fused-ring (bicyclic) bond motifs is 2. The third kappa shape index (κ3) is 6.62. The van der Waals surface area contributed by atoms with Gasteiger partial charge < -0.3 is 25.0 Å². The van der Waals surface area contributed by atoms with Crippen LogP contribution in [0.15, 0.2) is 60.7 Å². The van der Waals surface area contributed by atoms with Crippen LogP contribution in [0, 0.1) is 5.82 Å². The molecule has 0 saturated carbocycles. The van der Waals surface area contributed by atoms with Crippen LogP contribution in [0.25, 0.3) is 22.0 Å². The number of hydrogen-bond donors (Lipinski definition) is 4. The van der Waals surface area contributed by atoms with E-state index in [2.05, 4.69) is 15.0 Å². The lowest BCUT2D eigenvalue weighted by atomic mass is 9.89. The molecule has 0 radical (unpaired) electrons. The first-order valence-corrected chi connectivity index (χ1v) is 16.0. The first kappa shape index (κ1) is 35.2. The molecule has 256 valence electrons. The van der Waals surface area contributed by atoms with Crippen molar-refractivity contribution in [2.75, 3.05) is 20.3 Å². The van der Waals surface area contributed by atoms with E-state index < -0.39 is 57.0 Å². The van der Waals surface area contributed by atoms with Gasteiger partial charge in [0.15, 0.2) is 5.75 Å². The summed E-state index contributed by atoms with van der Waals surface area (Å²) in [6, 6.07) is 13.6. The van der Waals surface area contributed by atoms with E-state index in [4.69, 9.17) is 9.47 Å². The number of carbonyl (C=O) groups is 1. The fourth-order valence-corrected chi connectivity index (χ4v) is 6.14. The van der Waals surface area contributed by atoms with Crippen molar-refractivity contribution in [3.05, 3.63) is 88.9 Å². The highest BCUT2D eigenvalue weighted by molar-refractivity contribution is 7.84. The molecule has 3 atom stereocenters. The van der Waals surface area contributed by atoms with E-state index in [0.717, 1.165) is 18.2 Å². The highest BCUT2D eigenvalue weighted by Gasteiger charge is 2.57. The maximum atomic E-state index is 14.9. The van der Waals surface area contributed by atoms with Gasteiger partial charge in [0.2, 0.25) is 5.60 Å².